The van der Waals surface area contributed by atoms with Crippen LogP contribution in [-0.4, -0.2) is 71.0 Å². The average molecular weight is 582 g/mol. The van der Waals surface area contributed by atoms with Gasteiger partial charge in [0.05, 0.1) is 6.04 Å². The maximum Gasteiger partial charge on any atom is 0.268 e. The summed E-state index contributed by atoms with van der Waals surface area (Å²) in [7, 11) is 0. The van der Waals surface area contributed by atoms with E-state index in [4.69, 9.17) is 0 Å². The second kappa shape index (κ2) is 10.8. The van der Waals surface area contributed by atoms with Crippen molar-refractivity contribution >= 4 is 40.8 Å². The molecular formula is C31H40FN5O5. The molecule has 4 amide bonds. The maximum atomic E-state index is 14.2. The predicted molar refractivity (Wildman–Crippen MR) is 154 cm³/mol. The molecule has 42 heavy (non-hydrogen) atoms. The van der Waals surface area contributed by atoms with Gasteiger partial charge in [-0.05, 0) is 60.1 Å². The molecule has 3 fully saturated rings. The molecule has 226 valence electrons. The molecule has 0 radical (unpaired) electrons. The van der Waals surface area contributed by atoms with Crippen LogP contribution >= 0.6 is 0 Å². The lowest BCUT2D eigenvalue weighted by Gasteiger charge is -2.38. The van der Waals surface area contributed by atoms with Crippen LogP contribution in [0.15, 0.2) is 24.3 Å². The molecule has 1 aromatic carbocycles. The van der Waals surface area contributed by atoms with Gasteiger partial charge >= 0.3 is 0 Å². The minimum atomic E-state index is -0.982. The second-order valence-corrected chi connectivity index (χ2v) is 13.7. The fourth-order valence-corrected chi connectivity index (χ4v) is 6.86. The van der Waals surface area contributed by atoms with Gasteiger partial charge in [-0.2, -0.15) is 0 Å². The highest BCUT2D eigenvalue weighted by atomic mass is 19.1. The number of halogens is 1. The van der Waals surface area contributed by atoms with Crippen molar-refractivity contribution in [1.82, 2.24) is 25.8 Å². The molecule has 11 heteroatoms. The van der Waals surface area contributed by atoms with E-state index < -0.39 is 47.1 Å². The minimum absolute atomic E-state index is 0.0975. The number of carbonyl (C=O) groups excluding carboxylic acids is 5. The van der Waals surface area contributed by atoms with Crippen LogP contribution in [0.25, 0.3) is 10.9 Å². The van der Waals surface area contributed by atoms with Crippen LogP contribution in [0.1, 0.15) is 64.4 Å². The van der Waals surface area contributed by atoms with Crippen LogP contribution in [0.2, 0.25) is 0 Å². The molecule has 1 saturated carbocycles. The lowest BCUT2D eigenvalue weighted by atomic mass is 9.85. The molecule has 0 bridgehead atoms. The summed E-state index contributed by atoms with van der Waals surface area (Å²) in [5.41, 5.74) is -0.286. The number of carbonyl (C=O) groups is 5. The third-order valence-electron chi connectivity index (χ3n) is 9.43. The van der Waals surface area contributed by atoms with E-state index in [2.05, 4.69) is 34.8 Å². The molecular weight excluding hydrogens is 541 g/mol. The Balaban J connectivity index is 1.35. The zero-order valence-electron chi connectivity index (χ0n) is 24.8. The van der Waals surface area contributed by atoms with Crippen LogP contribution in [-0.2, 0) is 19.2 Å². The van der Waals surface area contributed by atoms with Gasteiger partial charge in [0.25, 0.3) is 5.91 Å². The zero-order valence-corrected chi connectivity index (χ0v) is 24.8. The van der Waals surface area contributed by atoms with Gasteiger partial charge in [-0.1, -0.05) is 40.7 Å². The van der Waals surface area contributed by atoms with Gasteiger partial charge in [0.2, 0.25) is 17.7 Å². The summed E-state index contributed by atoms with van der Waals surface area (Å²) in [5.74, 6) is -2.32. The summed E-state index contributed by atoms with van der Waals surface area (Å²) >= 11 is 0. The SMILES string of the molecule is CC(C)(C)[C@H](NC(=O)c1cc2c(F)cccc2[nH]1)C(=O)N1C[C@H]2[C@@H]([C@H]1C(=O)N[C@H](C=O)C[C@@H]1CCCNC1=O)C2(C)C. The number of aldehydes is 1. The third-order valence-corrected chi connectivity index (χ3v) is 9.43. The minimum Gasteiger partial charge on any atom is -0.356 e. The number of likely N-dealkylation sites (tertiary alicyclic amines) is 1. The fourth-order valence-electron chi connectivity index (χ4n) is 6.86. The number of H-pyrrole nitrogens is 1. The molecule has 10 nitrogen and oxygen atoms in total. The number of aromatic amines is 1. The van der Waals surface area contributed by atoms with Crippen LogP contribution in [0.3, 0.4) is 0 Å². The number of nitrogens with zero attached hydrogens (tertiary/aromatic N) is 1. The zero-order chi connectivity index (χ0) is 30.6. The summed E-state index contributed by atoms with van der Waals surface area (Å²) in [6.07, 6.45) is 2.31. The quantitative estimate of drug-likeness (QED) is 0.355. The molecule has 3 heterocycles. The number of benzene rings is 1. The number of hydrogen-bond donors (Lipinski definition) is 4. The average Bonchev–Trinajstić information content (AvgIpc) is 3.31. The standard InChI is InChI=1S/C31H40FN5O5/c1-30(2,3)25(36-27(40)22-13-18-20(32)9-6-10-21(18)35-22)29(42)37-14-19-23(31(19,4)5)24(37)28(41)34-17(15-38)12-16-8-7-11-33-26(16)39/h6,9-10,13,15-17,19,23-25,35H,7-8,11-12,14H2,1-5H3,(H,33,39)(H,34,41)(H,36,40)/t16-,17-,19-,23-,24-,25+/m0/s1. The van der Waals surface area contributed by atoms with Crippen molar-refractivity contribution in [3.63, 3.8) is 0 Å². The first-order chi connectivity index (χ1) is 19.7. The first kappa shape index (κ1) is 29.7. The van der Waals surface area contributed by atoms with E-state index in [-0.39, 0.29) is 46.6 Å². The molecule has 1 aliphatic carbocycles. The van der Waals surface area contributed by atoms with E-state index in [1.165, 1.54) is 17.0 Å². The second-order valence-electron chi connectivity index (χ2n) is 13.7. The van der Waals surface area contributed by atoms with Gasteiger partial charge in [-0.25, -0.2) is 4.39 Å². The van der Waals surface area contributed by atoms with Crippen molar-refractivity contribution < 1.29 is 28.4 Å². The Morgan fingerprint density at radius 2 is 1.95 bits per heavy atom. The number of piperidine rings is 2. The van der Waals surface area contributed by atoms with Crippen molar-refractivity contribution in [2.24, 2.45) is 28.6 Å². The van der Waals surface area contributed by atoms with Gasteiger partial charge < -0.3 is 30.6 Å². The first-order valence-corrected chi connectivity index (χ1v) is 14.7. The van der Waals surface area contributed by atoms with E-state index >= 15 is 0 Å². The summed E-state index contributed by atoms with van der Waals surface area (Å²) < 4.78 is 14.2. The molecule has 0 unspecified atom stereocenters. The third kappa shape index (κ3) is 5.41. The van der Waals surface area contributed by atoms with Crippen molar-refractivity contribution in [1.29, 1.82) is 0 Å². The highest BCUT2D eigenvalue weighted by Crippen LogP contribution is 2.65. The summed E-state index contributed by atoms with van der Waals surface area (Å²) in [6.45, 7) is 10.6. The van der Waals surface area contributed by atoms with Gasteiger partial charge in [-0.3, -0.25) is 19.2 Å². The molecule has 2 aromatic rings. The van der Waals surface area contributed by atoms with Crippen LogP contribution < -0.4 is 16.0 Å². The van der Waals surface area contributed by atoms with Crippen molar-refractivity contribution in [3.05, 3.63) is 35.8 Å². The van der Waals surface area contributed by atoms with Crippen molar-refractivity contribution in [3.8, 4) is 0 Å². The Morgan fingerprint density at radius 3 is 2.60 bits per heavy atom. The van der Waals surface area contributed by atoms with Crippen molar-refractivity contribution in [2.45, 2.75) is 72.0 Å². The lowest BCUT2D eigenvalue weighted by molar-refractivity contribution is -0.144. The molecule has 4 N–H and O–H groups in total. The van der Waals surface area contributed by atoms with Gasteiger partial charge in [0.1, 0.15) is 29.9 Å². The summed E-state index contributed by atoms with van der Waals surface area (Å²) in [5, 5.41) is 8.73. The molecule has 1 aromatic heterocycles. The van der Waals surface area contributed by atoms with Crippen molar-refractivity contribution in [2.75, 3.05) is 13.1 Å². The summed E-state index contributed by atoms with van der Waals surface area (Å²) in [6, 6.07) is 3.28. The first-order valence-electron chi connectivity index (χ1n) is 14.7. The van der Waals surface area contributed by atoms with Gasteiger partial charge in [0.15, 0.2) is 0 Å². The van der Waals surface area contributed by atoms with E-state index in [0.29, 0.717) is 31.3 Å². The Kier molecular flexibility index (Phi) is 7.66. The molecule has 6 atom stereocenters. The number of amides is 4. The predicted octanol–water partition coefficient (Wildman–Crippen LogP) is 2.53. The van der Waals surface area contributed by atoms with E-state index in [0.717, 1.165) is 6.42 Å². The molecule has 2 aliphatic heterocycles. The van der Waals surface area contributed by atoms with Crippen LogP contribution in [0, 0.1) is 34.4 Å². The van der Waals surface area contributed by atoms with Crippen LogP contribution in [0.4, 0.5) is 4.39 Å². The Bertz CT molecular complexity index is 1430. The van der Waals surface area contributed by atoms with E-state index in [1.54, 1.807) is 12.1 Å². The topological polar surface area (TPSA) is 140 Å². The Morgan fingerprint density at radius 1 is 1.21 bits per heavy atom. The van der Waals surface area contributed by atoms with Gasteiger partial charge in [-0.15, -0.1) is 0 Å². The van der Waals surface area contributed by atoms with Gasteiger partial charge in [0, 0.05) is 29.9 Å². The number of nitrogens with one attached hydrogen (secondary N) is 4. The normalized spacial score (nSPS) is 26.1. The largest absolute Gasteiger partial charge is 0.356 e. The summed E-state index contributed by atoms with van der Waals surface area (Å²) in [4.78, 5) is 69.8. The van der Waals surface area contributed by atoms with Crippen LogP contribution in [0.5, 0.6) is 0 Å². The molecule has 5 rings (SSSR count). The Labute approximate surface area is 244 Å². The smallest absolute Gasteiger partial charge is 0.268 e. The molecule has 0 spiro atoms. The molecule has 3 aliphatic rings. The monoisotopic (exact) mass is 581 g/mol. The number of aromatic nitrogens is 1. The maximum absolute atomic E-state index is 14.2. The lowest BCUT2D eigenvalue weighted by Crippen LogP contribution is -2.60. The molecule has 2 saturated heterocycles. The van der Waals surface area contributed by atoms with E-state index in [1.807, 2.05) is 20.8 Å². The fraction of sp³-hybridized carbons (Fsp3) is 0.581. The number of rotatable bonds is 8. The highest BCUT2D eigenvalue weighted by Gasteiger charge is 2.69. The Hall–Kier alpha value is -3.76. The number of hydrogen-bond acceptors (Lipinski definition) is 5. The van der Waals surface area contributed by atoms with E-state index in [9.17, 15) is 28.4 Å². The highest BCUT2D eigenvalue weighted by molar-refractivity contribution is 6.01. The number of fused-ring (bicyclic) bond motifs is 2.